The molecule has 0 atom stereocenters. The van der Waals surface area contributed by atoms with Crippen molar-refractivity contribution >= 4 is 12.1 Å². The normalized spacial score (nSPS) is 17.5. The van der Waals surface area contributed by atoms with Crippen LogP contribution in [0.5, 0.6) is 0 Å². The van der Waals surface area contributed by atoms with E-state index in [0.29, 0.717) is 31.8 Å². The topological polar surface area (TPSA) is 78.9 Å². The van der Waals surface area contributed by atoms with Crippen LogP contribution in [0.1, 0.15) is 60.3 Å². The van der Waals surface area contributed by atoms with Crippen LogP contribution >= 0.6 is 0 Å². The standard InChI is InChI=1S/C18H34N2O4/c1-6-18(7-2,15(21)22)13-20-10-8-14(9-11-20)12-19-16(23)24-17(3,4)5/h14H,6-13H2,1-5H3,(H,19,23)(H,21,22). The van der Waals surface area contributed by atoms with Crippen molar-refractivity contribution in [2.45, 2.75) is 65.9 Å². The number of ether oxygens (including phenoxy) is 1. The Hall–Kier alpha value is -1.30. The van der Waals surface area contributed by atoms with Crippen LogP contribution in [0.2, 0.25) is 0 Å². The number of nitrogens with one attached hydrogen (secondary N) is 1. The molecule has 6 nitrogen and oxygen atoms in total. The van der Waals surface area contributed by atoms with E-state index in [2.05, 4.69) is 10.2 Å². The molecule has 1 heterocycles. The lowest BCUT2D eigenvalue weighted by molar-refractivity contribution is -0.151. The van der Waals surface area contributed by atoms with E-state index in [1.54, 1.807) is 0 Å². The fraction of sp³-hybridized carbons (Fsp3) is 0.889. The van der Waals surface area contributed by atoms with Gasteiger partial charge in [0.2, 0.25) is 0 Å². The first-order chi connectivity index (χ1) is 11.1. The summed E-state index contributed by atoms with van der Waals surface area (Å²) in [7, 11) is 0. The van der Waals surface area contributed by atoms with Gasteiger partial charge in [0, 0.05) is 13.1 Å². The van der Waals surface area contributed by atoms with E-state index in [9.17, 15) is 14.7 Å². The highest BCUT2D eigenvalue weighted by Gasteiger charge is 2.37. The summed E-state index contributed by atoms with van der Waals surface area (Å²) in [5, 5.41) is 12.4. The number of carboxylic acids is 1. The Morgan fingerprint density at radius 2 is 1.71 bits per heavy atom. The van der Waals surface area contributed by atoms with Crippen molar-refractivity contribution in [2.24, 2.45) is 11.3 Å². The summed E-state index contributed by atoms with van der Waals surface area (Å²) in [6.07, 6.45) is 2.88. The zero-order valence-electron chi connectivity index (χ0n) is 15.9. The predicted octanol–water partition coefficient (Wildman–Crippen LogP) is 3.11. The average Bonchev–Trinajstić information content (AvgIpc) is 2.50. The Balaban J connectivity index is 2.39. The van der Waals surface area contributed by atoms with Crippen molar-refractivity contribution < 1.29 is 19.4 Å². The lowest BCUT2D eigenvalue weighted by atomic mass is 9.81. The number of carbonyl (C=O) groups is 2. The highest BCUT2D eigenvalue weighted by Crippen LogP contribution is 2.30. The fourth-order valence-corrected chi connectivity index (χ4v) is 3.16. The molecule has 6 heteroatoms. The number of hydrogen-bond donors (Lipinski definition) is 2. The number of alkyl carbamates (subject to hydrolysis) is 1. The molecule has 140 valence electrons. The second-order valence-electron chi connectivity index (χ2n) is 7.89. The number of aliphatic carboxylic acids is 1. The lowest BCUT2D eigenvalue weighted by Crippen LogP contribution is -2.46. The molecule has 2 N–H and O–H groups in total. The van der Waals surface area contributed by atoms with E-state index in [-0.39, 0.29) is 6.09 Å². The third-order valence-corrected chi connectivity index (χ3v) is 4.97. The summed E-state index contributed by atoms with van der Waals surface area (Å²) in [5.41, 5.74) is -1.12. The Bertz CT molecular complexity index is 419. The molecule has 0 bridgehead atoms. The molecular formula is C18H34N2O4. The van der Waals surface area contributed by atoms with Crippen molar-refractivity contribution in [3.8, 4) is 0 Å². The van der Waals surface area contributed by atoms with Gasteiger partial charge >= 0.3 is 12.1 Å². The van der Waals surface area contributed by atoms with Gasteiger partial charge in [-0.3, -0.25) is 4.79 Å². The number of likely N-dealkylation sites (tertiary alicyclic amines) is 1. The number of piperidine rings is 1. The van der Waals surface area contributed by atoms with Crippen molar-refractivity contribution in [1.29, 1.82) is 0 Å². The second-order valence-corrected chi connectivity index (χ2v) is 7.89. The molecule has 1 rings (SSSR count). The minimum absolute atomic E-state index is 0.369. The van der Waals surface area contributed by atoms with Crippen LogP contribution in [-0.4, -0.2) is 53.8 Å². The van der Waals surface area contributed by atoms with Crippen LogP contribution in [0.25, 0.3) is 0 Å². The van der Waals surface area contributed by atoms with E-state index in [1.807, 2.05) is 34.6 Å². The maximum absolute atomic E-state index is 11.7. The van der Waals surface area contributed by atoms with Crippen LogP contribution in [0.15, 0.2) is 0 Å². The summed E-state index contributed by atoms with van der Waals surface area (Å²) in [4.78, 5) is 25.6. The van der Waals surface area contributed by atoms with Gasteiger partial charge in [-0.15, -0.1) is 0 Å². The molecule has 24 heavy (non-hydrogen) atoms. The number of rotatable bonds is 7. The van der Waals surface area contributed by atoms with Crippen molar-refractivity contribution in [3.63, 3.8) is 0 Å². The second kappa shape index (κ2) is 8.70. The smallest absolute Gasteiger partial charge is 0.407 e. The van der Waals surface area contributed by atoms with E-state index in [1.165, 1.54) is 0 Å². The molecule has 0 aromatic heterocycles. The highest BCUT2D eigenvalue weighted by molar-refractivity contribution is 5.74. The third-order valence-electron chi connectivity index (χ3n) is 4.97. The van der Waals surface area contributed by atoms with Gasteiger partial charge in [-0.05, 0) is 65.5 Å². The van der Waals surface area contributed by atoms with Gasteiger partial charge in [-0.25, -0.2) is 4.79 Å². The molecular weight excluding hydrogens is 308 g/mol. The number of nitrogens with zero attached hydrogens (tertiary/aromatic N) is 1. The Kier molecular flexibility index (Phi) is 7.52. The van der Waals surface area contributed by atoms with Gasteiger partial charge in [0.25, 0.3) is 0 Å². The minimum atomic E-state index is -0.693. The zero-order valence-corrected chi connectivity index (χ0v) is 15.9. The maximum atomic E-state index is 11.7. The third kappa shape index (κ3) is 6.30. The molecule has 0 spiro atoms. The Labute approximate surface area is 145 Å². The Morgan fingerprint density at radius 1 is 1.17 bits per heavy atom. The van der Waals surface area contributed by atoms with Gasteiger partial charge in [0.15, 0.2) is 0 Å². The monoisotopic (exact) mass is 342 g/mol. The highest BCUT2D eigenvalue weighted by atomic mass is 16.6. The number of hydrogen-bond acceptors (Lipinski definition) is 4. The van der Waals surface area contributed by atoms with E-state index >= 15 is 0 Å². The van der Waals surface area contributed by atoms with E-state index in [4.69, 9.17) is 4.74 Å². The SMILES string of the molecule is CCC(CC)(CN1CCC(CNC(=O)OC(C)(C)C)CC1)C(=O)O. The summed E-state index contributed by atoms with van der Waals surface area (Å²) >= 11 is 0. The largest absolute Gasteiger partial charge is 0.481 e. The molecule has 1 amide bonds. The Morgan fingerprint density at radius 3 is 2.12 bits per heavy atom. The van der Waals surface area contributed by atoms with Crippen LogP contribution in [0, 0.1) is 11.3 Å². The molecule has 1 aliphatic heterocycles. The first kappa shape index (κ1) is 20.7. The van der Waals surface area contributed by atoms with Gasteiger partial charge in [0.05, 0.1) is 5.41 Å². The van der Waals surface area contributed by atoms with E-state index in [0.717, 1.165) is 25.9 Å². The minimum Gasteiger partial charge on any atom is -0.481 e. The summed E-state index contributed by atoms with van der Waals surface area (Å²) in [6, 6.07) is 0. The number of carbonyl (C=O) groups excluding carboxylic acids is 1. The summed E-state index contributed by atoms with van der Waals surface area (Å²) in [5.74, 6) is -0.266. The summed E-state index contributed by atoms with van der Waals surface area (Å²) < 4.78 is 5.25. The van der Waals surface area contributed by atoms with Gasteiger partial charge in [-0.2, -0.15) is 0 Å². The molecule has 0 aromatic carbocycles. The molecule has 0 saturated carbocycles. The van der Waals surface area contributed by atoms with Crippen LogP contribution in [0.4, 0.5) is 4.79 Å². The fourth-order valence-electron chi connectivity index (χ4n) is 3.16. The summed E-state index contributed by atoms with van der Waals surface area (Å²) in [6.45, 7) is 12.5. The molecule has 0 radical (unpaired) electrons. The first-order valence-corrected chi connectivity index (χ1v) is 9.04. The van der Waals surface area contributed by atoms with Crippen molar-refractivity contribution in [1.82, 2.24) is 10.2 Å². The van der Waals surface area contributed by atoms with Crippen molar-refractivity contribution in [3.05, 3.63) is 0 Å². The molecule has 0 aliphatic carbocycles. The van der Waals surface area contributed by atoms with Gasteiger partial charge in [-0.1, -0.05) is 13.8 Å². The first-order valence-electron chi connectivity index (χ1n) is 9.04. The molecule has 0 aromatic rings. The zero-order chi connectivity index (χ0) is 18.4. The number of amides is 1. The molecule has 1 aliphatic rings. The molecule has 0 unspecified atom stereocenters. The van der Waals surface area contributed by atoms with Crippen LogP contribution in [0.3, 0.4) is 0 Å². The van der Waals surface area contributed by atoms with Crippen LogP contribution < -0.4 is 5.32 Å². The van der Waals surface area contributed by atoms with Gasteiger partial charge < -0.3 is 20.1 Å². The molecule has 1 fully saturated rings. The predicted molar refractivity (Wildman–Crippen MR) is 94.1 cm³/mol. The average molecular weight is 342 g/mol. The van der Waals surface area contributed by atoms with Crippen LogP contribution in [-0.2, 0) is 9.53 Å². The van der Waals surface area contributed by atoms with Gasteiger partial charge in [0.1, 0.15) is 5.60 Å². The molecule has 1 saturated heterocycles. The number of carboxylic acid groups (broad SMARTS) is 1. The lowest BCUT2D eigenvalue weighted by Gasteiger charge is -2.38. The quantitative estimate of drug-likeness (QED) is 0.743. The van der Waals surface area contributed by atoms with E-state index < -0.39 is 17.0 Å². The van der Waals surface area contributed by atoms with Crippen molar-refractivity contribution in [2.75, 3.05) is 26.2 Å². The maximum Gasteiger partial charge on any atom is 0.407 e.